The molecule has 0 radical (unpaired) electrons. The Labute approximate surface area is 60.3 Å². The molecule has 0 bridgehead atoms. The summed E-state index contributed by atoms with van der Waals surface area (Å²) in [4.78, 5) is 0. The minimum Gasteiger partial charge on any atom is -0.387 e. The van der Waals surface area contributed by atoms with Crippen LogP contribution in [-0.4, -0.2) is 30.5 Å². The Hall–Kier alpha value is -0.160. The number of hydrazine groups is 1. The Morgan fingerprint density at radius 1 is 1.70 bits per heavy atom. The standard InChI is InChI=1S/C6H14N2O2/c7-8-3-1-6(9)2-4-10-5-6/h8-9H,1-5,7H2/t6-/m0/s1. The fourth-order valence-corrected chi connectivity index (χ4v) is 1.10. The molecular weight excluding hydrogens is 132 g/mol. The quantitative estimate of drug-likeness (QED) is 0.352. The second kappa shape index (κ2) is 3.30. The minimum atomic E-state index is -0.619. The number of aliphatic hydroxyl groups is 1. The zero-order valence-electron chi connectivity index (χ0n) is 5.97. The van der Waals surface area contributed by atoms with Crippen LogP contribution in [0.2, 0.25) is 0 Å². The number of ether oxygens (including phenoxy) is 1. The molecule has 0 amide bonds. The summed E-state index contributed by atoms with van der Waals surface area (Å²) in [6.07, 6.45) is 1.40. The van der Waals surface area contributed by atoms with Gasteiger partial charge in [0.2, 0.25) is 0 Å². The predicted octanol–water partition coefficient (Wildman–Crippen LogP) is -1.01. The van der Waals surface area contributed by atoms with Gasteiger partial charge in [0.05, 0.1) is 12.2 Å². The Morgan fingerprint density at radius 2 is 2.50 bits per heavy atom. The SMILES string of the molecule is NNCC[C@]1(O)CCOC1. The van der Waals surface area contributed by atoms with E-state index >= 15 is 0 Å². The predicted molar refractivity (Wildman–Crippen MR) is 37.2 cm³/mol. The summed E-state index contributed by atoms with van der Waals surface area (Å²) < 4.78 is 5.04. The molecule has 0 spiro atoms. The monoisotopic (exact) mass is 146 g/mol. The van der Waals surface area contributed by atoms with E-state index in [-0.39, 0.29) is 0 Å². The minimum absolute atomic E-state index is 0.453. The molecule has 4 N–H and O–H groups in total. The Kier molecular flexibility index (Phi) is 2.62. The van der Waals surface area contributed by atoms with Crippen LogP contribution >= 0.6 is 0 Å². The maximum Gasteiger partial charge on any atom is 0.0914 e. The van der Waals surface area contributed by atoms with Gasteiger partial charge in [-0.05, 0) is 6.42 Å². The van der Waals surface area contributed by atoms with Crippen LogP contribution in [0, 0.1) is 0 Å². The highest BCUT2D eigenvalue weighted by atomic mass is 16.5. The number of hydrogen-bond donors (Lipinski definition) is 3. The van der Waals surface area contributed by atoms with Gasteiger partial charge in [-0.15, -0.1) is 0 Å². The third-order valence-corrected chi connectivity index (χ3v) is 1.82. The molecule has 1 rings (SSSR count). The summed E-state index contributed by atoms with van der Waals surface area (Å²) in [6.45, 7) is 1.76. The van der Waals surface area contributed by atoms with Crippen LogP contribution in [0.1, 0.15) is 12.8 Å². The average Bonchev–Trinajstić information content (AvgIpc) is 2.33. The van der Waals surface area contributed by atoms with Gasteiger partial charge in [-0.2, -0.15) is 0 Å². The number of rotatable bonds is 3. The lowest BCUT2D eigenvalue weighted by molar-refractivity contribution is 0.0197. The fraction of sp³-hybridized carbons (Fsp3) is 1.00. The maximum absolute atomic E-state index is 9.60. The van der Waals surface area contributed by atoms with Gasteiger partial charge in [0, 0.05) is 19.6 Å². The zero-order chi connectivity index (χ0) is 7.45. The van der Waals surface area contributed by atoms with E-state index in [9.17, 15) is 5.11 Å². The first-order valence-corrected chi connectivity index (χ1v) is 3.50. The van der Waals surface area contributed by atoms with Crippen LogP contribution in [0.4, 0.5) is 0 Å². The smallest absolute Gasteiger partial charge is 0.0914 e. The van der Waals surface area contributed by atoms with Crippen molar-refractivity contribution in [3.05, 3.63) is 0 Å². The molecular formula is C6H14N2O2. The van der Waals surface area contributed by atoms with E-state index in [0.29, 0.717) is 26.2 Å². The summed E-state index contributed by atoms with van der Waals surface area (Å²) in [5.74, 6) is 5.06. The molecule has 4 nitrogen and oxygen atoms in total. The van der Waals surface area contributed by atoms with Crippen molar-refractivity contribution >= 4 is 0 Å². The van der Waals surface area contributed by atoms with E-state index in [1.54, 1.807) is 0 Å². The molecule has 0 saturated carbocycles. The van der Waals surface area contributed by atoms with Gasteiger partial charge in [0.25, 0.3) is 0 Å². The zero-order valence-corrected chi connectivity index (χ0v) is 5.97. The van der Waals surface area contributed by atoms with Crippen molar-refractivity contribution in [2.24, 2.45) is 5.84 Å². The number of nitrogens with two attached hydrogens (primary N) is 1. The van der Waals surface area contributed by atoms with Crippen molar-refractivity contribution < 1.29 is 9.84 Å². The molecule has 0 unspecified atom stereocenters. The molecule has 1 heterocycles. The van der Waals surface area contributed by atoms with Crippen LogP contribution in [-0.2, 0) is 4.74 Å². The maximum atomic E-state index is 9.60. The summed E-state index contributed by atoms with van der Waals surface area (Å²) >= 11 is 0. The van der Waals surface area contributed by atoms with Gasteiger partial charge in [-0.25, -0.2) is 0 Å². The molecule has 1 fully saturated rings. The van der Waals surface area contributed by atoms with Crippen molar-refractivity contribution in [1.82, 2.24) is 5.43 Å². The van der Waals surface area contributed by atoms with Gasteiger partial charge in [-0.1, -0.05) is 0 Å². The first-order chi connectivity index (χ1) is 4.77. The van der Waals surface area contributed by atoms with Gasteiger partial charge >= 0.3 is 0 Å². The highest BCUT2D eigenvalue weighted by molar-refractivity contribution is 4.82. The van der Waals surface area contributed by atoms with Crippen molar-refractivity contribution in [3.63, 3.8) is 0 Å². The first-order valence-electron chi connectivity index (χ1n) is 3.50. The molecule has 4 heteroatoms. The van der Waals surface area contributed by atoms with Crippen molar-refractivity contribution in [2.45, 2.75) is 18.4 Å². The average molecular weight is 146 g/mol. The van der Waals surface area contributed by atoms with Crippen LogP contribution in [0.5, 0.6) is 0 Å². The molecule has 1 saturated heterocycles. The Balaban J connectivity index is 2.22. The molecule has 60 valence electrons. The lowest BCUT2D eigenvalue weighted by Crippen LogP contribution is -2.35. The van der Waals surface area contributed by atoms with Gasteiger partial charge in [0.1, 0.15) is 0 Å². The lowest BCUT2D eigenvalue weighted by atomic mass is 10.00. The summed E-state index contributed by atoms with van der Waals surface area (Å²) in [5.41, 5.74) is 1.89. The van der Waals surface area contributed by atoms with Crippen molar-refractivity contribution in [1.29, 1.82) is 0 Å². The third-order valence-electron chi connectivity index (χ3n) is 1.82. The van der Waals surface area contributed by atoms with E-state index in [4.69, 9.17) is 10.6 Å². The summed E-state index contributed by atoms with van der Waals surface area (Å²) in [6, 6.07) is 0. The van der Waals surface area contributed by atoms with E-state index in [1.165, 1.54) is 0 Å². The second-order valence-electron chi connectivity index (χ2n) is 2.73. The van der Waals surface area contributed by atoms with E-state index < -0.39 is 5.60 Å². The van der Waals surface area contributed by atoms with E-state index in [2.05, 4.69) is 5.43 Å². The second-order valence-corrected chi connectivity index (χ2v) is 2.73. The molecule has 1 atom stereocenters. The first kappa shape index (κ1) is 7.94. The van der Waals surface area contributed by atoms with Crippen LogP contribution in [0.15, 0.2) is 0 Å². The van der Waals surface area contributed by atoms with Crippen LogP contribution < -0.4 is 11.3 Å². The number of hydrogen-bond acceptors (Lipinski definition) is 4. The molecule has 0 aromatic rings. The largest absolute Gasteiger partial charge is 0.387 e. The van der Waals surface area contributed by atoms with Crippen LogP contribution in [0.25, 0.3) is 0 Å². The Morgan fingerprint density at radius 3 is 3.00 bits per heavy atom. The topological polar surface area (TPSA) is 67.5 Å². The number of nitrogens with one attached hydrogen (secondary N) is 1. The van der Waals surface area contributed by atoms with Gasteiger partial charge in [0.15, 0.2) is 0 Å². The fourth-order valence-electron chi connectivity index (χ4n) is 1.10. The molecule has 1 aliphatic rings. The van der Waals surface area contributed by atoms with E-state index in [1.807, 2.05) is 0 Å². The van der Waals surface area contributed by atoms with Gasteiger partial charge in [-0.3, -0.25) is 11.3 Å². The highest BCUT2D eigenvalue weighted by Crippen LogP contribution is 2.20. The van der Waals surface area contributed by atoms with Crippen molar-refractivity contribution in [2.75, 3.05) is 19.8 Å². The molecule has 0 aliphatic carbocycles. The molecule has 0 aromatic heterocycles. The van der Waals surface area contributed by atoms with Gasteiger partial charge < -0.3 is 9.84 Å². The summed E-state index contributed by atoms with van der Waals surface area (Å²) in [5, 5.41) is 9.60. The lowest BCUT2D eigenvalue weighted by Gasteiger charge is -2.19. The summed E-state index contributed by atoms with van der Waals surface area (Å²) in [7, 11) is 0. The van der Waals surface area contributed by atoms with Crippen molar-refractivity contribution in [3.8, 4) is 0 Å². The van der Waals surface area contributed by atoms with Crippen LogP contribution in [0.3, 0.4) is 0 Å². The molecule has 0 aromatic carbocycles. The normalized spacial score (nSPS) is 33.0. The third kappa shape index (κ3) is 1.91. The Bertz CT molecular complexity index is 102. The molecule has 10 heavy (non-hydrogen) atoms. The van der Waals surface area contributed by atoms with E-state index in [0.717, 1.165) is 6.42 Å². The highest BCUT2D eigenvalue weighted by Gasteiger charge is 2.31. The molecule has 1 aliphatic heterocycles.